The van der Waals surface area contributed by atoms with Crippen LogP contribution in [0.2, 0.25) is 0 Å². The predicted molar refractivity (Wildman–Crippen MR) is 69.5 cm³/mol. The summed E-state index contributed by atoms with van der Waals surface area (Å²) in [4.78, 5) is 8.11. The van der Waals surface area contributed by atoms with Crippen LogP contribution in [-0.2, 0) is 0 Å². The largest absolute Gasteiger partial charge is 0.382 e. The van der Waals surface area contributed by atoms with Crippen LogP contribution in [0.25, 0.3) is 22.4 Å². The van der Waals surface area contributed by atoms with E-state index in [0.29, 0.717) is 5.82 Å². The monoisotopic (exact) mass is 237 g/mol. The van der Waals surface area contributed by atoms with Crippen molar-refractivity contribution in [3.63, 3.8) is 0 Å². The molecular weight excluding hydrogens is 226 g/mol. The lowest BCUT2D eigenvalue weighted by molar-refractivity contribution is 1.10. The number of anilines is 1. The summed E-state index contributed by atoms with van der Waals surface area (Å²) in [6, 6.07) is 7.65. The minimum Gasteiger partial charge on any atom is -0.382 e. The molecule has 88 valence electrons. The highest BCUT2D eigenvalue weighted by atomic mass is 15.2. The summed E-state index contributed by atoms with van der Waals surface area (Å²) < 4.78 is 0. The van der Waals surface area contributed by atoms with Crippen molar-refractivity contribution >= 4 is 5.82 Å². The Morgan fingerprint density at radius 2 is 1.78 bits per heavy atom. The Labute approximate surface area is 104 Å². The van der Waals surface area contributed by atoms with Gasteiger partial charge in [0.15, 0.2) is 5.82 Å². The van der Waals surface area contributed by atoms with Crippen molar-refractivity contribution in [2.75, 3.05) is 5.73 Å². The smallest absolute Gasteiger partial charge is 0.153 e. The fourth-order valence-corrected chi connectivity index (χ4v) is 1.89. The van der Waals surface area contributed by atoms with Crippen LogP contribution < -0.4 is 5.73 Å². The SMILES string of the molecule is Nc1n[nH]c(-c2cccnc2)c1-c1ccncc1. The van der Waals surface area contributed by atoms with Gasteiger partial charge in [0.1, 0.15) is 0 Å². The fraction of sp³-hybridized carbons (Fsp3) is 0. The van der Waals surface area contributed by atoms with Gasteiger partial charge in [0, 0.05) is 30.4 Å². The Kier molecular flexibility index (Phi) is 2.49. The maximum atomic E-state index is 5.93. The molecule has 3 aromatic heterocycles. The summed E-state index contributed by atoms with van der Waals surface area (Å²) in [6.45, 7) is 0. The quantitative estimate of drug-likeness (QED) is 0.715. The zero-order valence-electron chi connectivity index (χ0n) is 9.54. The number of nitrogens with one attached hydrogen (secondary N) is 1. The third-order valence-electron chi connectivity index (χ3n) is 2.71. The third-order valence-corrected chi connectivity index (χ3v) is 2.71. The van der Waals surface area contributed by atoms with Crippen LogP contribution >= 0.6 is 0 Å². The van der Waals surface area contributed by atoms with Crippen molar-refractivity contribution in [3.8, 4) is 22.4 Å². The zero-order chi connectivity index (χ0) is 12.4. The van der Waals surface area contributed by atoms with E-state index in [0.717, 1.165) is 22.4 Å². The molecule has 3 N–H and O–H groups in total. The minimum atomic E-state index is 0.472. The molecule has 0 spiro atoms. The Morgan fingerprint density at radius 3 is 2.50 bits per heavy atom. The highest BCUT2D eigenvalue weighted by molar-refractivity contribution is 5.87. The number of pyridine rings is 2. The number of H-pyrrole nitrogens is 1. The second-order valence-electron chi connectivity index (χ2n) is 3.84. The van der Waals surface area contributed by atoms with Gasteiger partial charge in [-0.05, 0) is 29.8 Å². The first-order valence-electron chi connectivity index (χ1n) is 5.51. The molecule has 3 aromatic rings. The summed E-state index contributed by atoms with van der Waals surface area (Å²) in [7, 11) is 0. The van der Waals surface area contributed by atoms with Crippen LogP contribution in [0.15, 0.2) is 49.1 Å². The molecule has 0 bridgehead atoms. The molecule has 0 fully saturated rings. The van der Waals surface area contributed by atoms with Crippen molar-refractivity contribution in [1.29, 1.82) is 0 Å². The number of rotatable bonds is 2. The first kappa shape index (κ1) is 10.5. The molecule has 0 radical (unpaired) electrons. The lowest BCUT2D eigenvalue weighted by atomic mass is 10.0. The Bertz CT molecular complexity index is 646. The van der Waals surface area contributed by atoms with Gasteiger partial charge in [-0.25, -0.2) is 0 Å². The fourth-order valence-electron chi connectivity index (χ4n) is 1.89. The van der Waals surface area contributed by atoms with Gasteiger partial charge >= 0.3 is 0 Å². The van der Waals surface area contributed by atoms with Gasteiger partial charge in [0.2, 0.25) is 0 Å². The van der Waals surface area contributed by atoms with E-state index in [1.807, 2.05) is 24.3 Å². The highest BCUT2D eigenvalue weighted by Crippen LogP contribution is 2.33. The number of nitrogens with two attached hydrogens (primary N) is 1. The predicted octanol–water partition coefficient (Wildman–Crippen LogP) is 2.12. The molecule has 0 amide bonds. The number of hydrogen-bond acceptors (Lipinski definition) is 4. The zero-order valence-corrected chi connectivity index (χ0v) is 9.54. The maximum absolute atomic E-state index is 5.93. The van der Waals surface area contributed by atoms with Gasteiger partial charge < -0.3 is 5.73 Å². The van der Waals surface area contributed by atoms with E-state index in [4.69, 9.17) is 5.73 Å². The number of nitrogens with zero attached hydrogens (tertiary/aromatic N) is 3. The molecule has 0 saturated carbocycles. The summed E-state index contributed by atoms with van der Waals surface area (Å²) in [6.07, 6.45) is 6.97. The summed E-state index contributed by atoms with van der Waals surface area (Å²) in [5.74, 6) is 0.472. The van der Waals surface area contributed by atoms with Gasteiger partial charge in [-0.15, -0.1) is 0 Å². The van der Waals surface area contributed by atoms with Crippen LogP contribution in [0, 0.1) is 0 Å². The molecule has 0 unspecified atom stereocenters. The molecule has 0 aliphatic heterocycles. The first-order chi connectivity index (χ1) is 8.86. The normalized spacial score (nSPS) is 10.4. The van der Waals surface area contributed by atoms with Gasteiger partial charge in [0.05, 0.1) is 11.3 Å². The van der Waals surface area contributed by atoms with Crippen molar-refractivity contribution in [1.82, 2.24) is 20.2 Å². The van der Waals surface area contributed by atoms with Gasteiger partial charge in [-0.1, -0.05) is 0 Å². The molecule has 3 rings (SSSR count). The lowest BCUT2D eigenvalue weighted by Crippen LogP contribution is -1.89. The standard InChI is InChI=1S/C13H11N5/c14-13-11(9-3-6-15-7-4-9)12(17-18-13)10-2-1-5-16-8-10/h1-8H,(H3,14,17,18). The van der Waals surface area contributed by atoms with Gasteiger partial charge in [-0.3, -0.25) is 15.1 Å². The molecule has 0 aliphatic carbocycles. The number of aromatic nitrogens is 4. The lowest BCUT2D eigenvalue weighted by Gasteiger charge is -2.03. The summed E-state index contributed by atoms with van der Waals surface area (Å²) >= 11 is 0. The number of aromatic amines is 1. The average Bonchev–Trinajstić information content (AvgIpc) is 2.83. The topological polar surface area (TPSA) is 80.5 Å². The number of nitrogen functional groups attached to an aromatic ring is 1. The van der Waals surface area contributed by atoms with Crippen LogP contribution in [-0.4, -0.2) is 20.2 Å². The molecule has 5 nitrogen and oxygen atoms in total. The first-order valence-corrected chi connectivity index (χ1v) is 5.51. The molecule has 0 aromatic carbocycles. The minimum absolute atomic E-state index is 0.472. The van der Waals surface area contributed by atoms with E-state index in [1.165, 1.54) is 0 Å². The third kappa shape index (κ3) is 1.71. The van der Waals surface area contributed by atoms with Crippen molar-refractivity contribution in [2.45, 2.75) is 0 Å². The highest BCUT2D eigenvalue weighted by Gasteiger charge is 2.14. The second kappa shape index (κ2) is 4.29. The van der Waals surface area contributed by atoms with E-state index < -0.39 is 0 Å². The van der Waals surface area contributed by atoms with E-state index >= 15 is 0 Å². The van der Waals surface area contributed by atoms with E-state index in [1.54, 1.807) is 24.8 Å². The second-order valence-corrected chi connectivity index (χ2v) is 3.84. The van der Waals surface area contributed by atoms with E-state index in [-0.39, 0.29) is 0 Å². The molecule has 18 heavy (non-hydrogen) atoms. The average molecular weight is 237 g/mol. The Hall–Kier alpha value is -2.69. The van der Waals surface area contributed by atoms with E-state index in [2.05, 4.69) is 20.2 Å². The molecule has 5 heteroatoms. The number of hydrogen-bond donors (Lipinski definition) is 2. The Morgan fingerprint density at radius 1 is 0.944 bits per heavy atom. The van der Waals surface area contributed by atoms with Gasteiger partial charge in [0.25, 0.3) is 0 Å². The molecule has 0 atom stereocenters. The van der Waals surface area contributed by atoms with Crippen molar-refractivity contribution < 1.29 is 0 Å². The maximum Gasteiger partial charge on any atom is 0.153 e. The van der Waals surface area contributed by atoms with Crippen LogP contribution in [0.1, 0.15) is 0 Å². The van der Waals surface area contributed by atoms with Crippen LogP contribution in [0.5, 0.6) is 0 Å². The molecule has 3 heterocycles. The molecule has 0 saturated heterocycles. The summed E-state index contributed by atoms with van der Waals surface area (Å²) in [5.41, 5.74) is 9.61. The van der Waals surface area contributed by atoms with E-state index in [9.17, 15) is 0 Å². The Balaban J connectivity index is 2.19. The van der Waals surface area contributed by atoms with Crippen molar-refractivity contribution in [3.05, 3.63) is 49.1 Å². The summed E-state index contributed by atoms with van der Waals surface area (Å²) in [5, 5.41) is 7.03. The van der Waals surface area contributed by atoms with Crippen molar-refractivity contribution in [2.24, 2.45) is 0 Å². The molecule has 0 aliphatic rings. The van der Waals surface area contributed by atoms with Crippen LogP contribution in [0.3, 0.4) is 0 Å². The van der Waals surface area contributed by atoms with Gasteiger partial charge in [-0.2, -0.15) is 5.10 Å². The molecular formula is C13H11N5. The van der Waals surface area contributed by atoms with Crippen LogP contribution in [0.4, 0.5) is 5.82 Å².